The highest BCUT2D eigenvalue weighted by Gasteiger charge is 2.49. The lowest BCUT2D eigenvalue weighted by Gasteiger charge is -2.22. The van der Waals surface area contributed by atoms with Gasteiger partial charge in [-0.3, -0.25) is 19.3 Å². The monoisotopic (exact) mass is 380 g/mol. The Kier molecular flexibility index (Phi) is 5.12. The van der Waals surface area contributed by atoms with E-state index in [1.54, 1.807) is 55.5 Å². The number of nitrogens with zero attached hydrogens (tertiary/aromatic N) is 1. The summed E-state index contributed by atoms with van der Waals surface area (Å²) < 4.78 is 0. The molecule has 2 aromatic rings. The number of carbonyl (C=O) groups is 4. The van der Waals surface area contributed by atoms with Crippen molar-refractivity contribution in [3.63, 3.8) is 0 Å². The lowest BCUT2D eigenvalue weighted by Crippen LogP contribution is -2.42. The molecule has 3 rings (SSSR count). The minimum Gasteiger partial charge on any atom is -0.326 e. The molecule has 0 spiro atoms. The minimum atomic E-state index is -1.22. The van der Waals surface area contributed by atoms with E-state index >= 15 is 0 Å². The average Bonchev–Trinajstić information content (AvgIpc) is 2.86. The predicted molar refractivity (Wildman–Crippen MR) is 103 cm³/mol. The van der Waals surface area contributed by atoms with Crippen LogP contribution in [-0.4, -0.2) is 35.2 Å². The molecular formula is C20H20N4O4. The van der Waals surface area contributed by atoms with Gasteiger partial charge in [0, 0.05) is 18.3 Å². The summed E-state index contributed by atoms with van der Waals surface area (Å²) in [5.74, 6) is -1.25. The molecule has 8 heteroatoms. The Morgan fingerprint density at radius 2 is 1.64 bits per heavy atom. The summed E-state index contributed by atoms with van der Waals surface area (Å²) in [7, 11) is 0. The Balaban J connectivity index is 1.70. The van der Waals surface area contributed by atoms with Crippen molar-refractivity contribution in [2.75, 3.05) is 17.2 Å². The van der Waals surface area contributed by atoms with Crippen molar-refractivity contribution in [3.8, 4) is 0 Å². The van der Waals surface area contributed by atoms with E-state index in [-0.39, 0.29) is 5.91 Å². The van der Waals surface area contributed by atoms with Crippen LogP contribution >= 0.6 is 0 Å². The molecule has 28 heavy (non-hydrogen) atoms. The lowest BCUT2D eigenvalue weighted by molar-refractivity contribution is -0.133. The third-order valence-electron chi connectivity index (χ3n) is 4.39. The minimum absolute atomic E-state index is 0.233. The number of benzene rings is 2. The van der Waals surface area contributed by atoms with Crippen LogP contribution in [-0.2, 0) is 19.9 Å². The van der Waals surface area contributed by atoms with Crippen LogP contribution in [0.2, 0.25) is 0 Å². The summed E-state index contributed by atoms with van der Waals surface area (Å²) in [6.45, 7) is 2.57. The van der Waals surface area contributed by atoms with Crippen LogP contribution in [0.3, 0.4) is 0 Å². The number of imide groups is 1. The largest absolute Gasteiger partial charge is 0.326 e. The summed E-state index contributed by atoms with van der Waals surface area (Å²) in [6, 6.07) is 14.8. The highest BCUT2D eigenvalue weighted by molar-refractivity contribution is 6.10. The Morgan fingerprint density at radius 1 is 1.00 bits per heavy atom. The summed E-state index contributed by atoms with van der Waals surface area (Å²) in [5, 5.41) is 7.90. The number of hydrogen-bond acceptors (Lipinski definition) is 4. The Labute approximate surface area is 161 Å². The Morgan fingerprint density at radius 3 is 2.29 bits per heavy atom. The van der Waals surface area contributed by atoms with Crippen LogP contribution < -0.4 is 16.0 Å². The maximum absolute atomic E-state index is 12.8. The first-order valence-corrected chi connectivity index (χ1v) is 8.67. The van der Waals surface area contributed by atoms with Crippen molar-refractivity contribution in [3.05, 3.63) is 60.2 Å². The molecule has 1 aliphatic heterocycles. The zero-order chi connectivity index (χ0) is 20.3. The van der Waals surface area contributed by atoms with Gasteiger partial charge < -0.3 is 16.0 Å². The van der Waals surface area contributed by atoms with Gasteiger partial charge in [-0.05, 0) is 30.7 Å². The van der Waals surface area contributed by atoms with E-state index in [4.69, 9.17) is 0 Å². The number of rotatable bonds is 5. The second-order valence-electron chi connectivity index (χ2n) is 6.62. The van der Waals surface area contributed by atoms with Gasteiger partial charge in [-0.2, -0.15) is 0 Å². The van der Waals surface area contributed by atoms with Crippen molar-refractivity contribution >= 4 is 35.1 Å². The van der Waals surface area contributed by atoms with Crippen molar-refractivity contribution in [2.24, 2.45) is 0 Å². The van der Waals surface area contributed by atoms with Gasteiger partial charge in [0.25, 0.3) is 5.91 Å². The molecule has 1 atom stereocenters. The molecule has 3 N–H and O–H groups in total. The van der Waals surface area contributed by atoms with Gasteiger partial charge in [-0.1, -0.05) is 36.4 Å². The van der Waals surface area contributed by atoms with Gasteiger partial charge in [0.1, 0.15) is 12.1 Å². The Bertz CT molecular complexity index is 944. The van der Waals surface area contributed by atoms with E-state index < -0.39 is 29.9 Å². The van der Waals surface area contributed by atoms with Gasteiger partial charge in [0.15, 0.2) is 0 Å². The van der Waals surface area contributed by atoms with Crippen molar-refractivity contribution in [2.45, 2.75) is 19.4 Å². The summed E-state index contributed by atoms with van der Waals surface area (Å²) >= 11 is 0. The van der Waals surface area contributed by atoms with Crippen LogP contribution in [0.15, 0.2) is 54.6 Å². The molecule has 1 aliphatic rings. The maximum Gasteiger partial charge on any atom is 0.325 e. The molecule has 0 unspecified atom stereocenters. The van der Waals surface area contributed by atoms with Gasteiger partial charge in [-0.15, -0.1) is 0 Å². The van der Waals surface area contributed by atoms with Crippen molar-refractivity contribution < 1.29 is 19.2 Å². The molecule has 0 bridgehead atoms. The number of nitrogens with one attached hydrogen (secondary N) is 3. The fourth-order valence-corrected chi connectivity index (χ4v) is 3.03. The van der Waals surface area contributed by atoms with Crippen LogP contribution in [0.4, 0.5) is 16.2 Å². The molecule has 8 nitrogen and oxygen atoms in total. The number of hydrogen-bond donors (Lipinski definition) is 3. The number of amides is 5. The number of anilines is 2. The van der Waals surface area contributed by atoms with Gasteiger partial charge in [0.05, 0.1) is 0 Å². The maximum atomic E-state index is 12.8. The topological polar surface area (TPSA) is 108 Å². The smallest absolute Gasteiger partial charge is 0.325 e. The van der Waals surface area contributed by atoms with E-state index in [0.717, 1.165) is 4.90 Å². The zero-order valence-electron chi connectivity index (χ0n) is 15.5. The van der Waals surface area contributed by atoms with Gasteiger partial charge >= 0.3 is 6.03 Å². The van der Waals surface area contributed by atoms with Crippen LogP contribution in [0.5, 0.6) is 0 Å². The predicted octanol–water partition coefficient (Wildman–Crippen LogP) is 2.05. The normalized spacial score (nSPS) is 18.6. The second kappa shape index (κ2) is 7.51. The molecule has 1 saturated heterocycles. The molecule has 5 amide bonds. The van der Waals surface area contributed by atoms with E-state index in [2.05, 4.69) is 16.0 Å². The molecule has 2 aromatic carbocycles. The summed E-state index contributed by atoms with van der Waals surface area (Å²) in [4.78, 5) is 49.5. The van der Waals surface area contributed by atoms with E-state index in [9.17, 15) is 19.2 Å². The SMILES string of the molecule is CC(=O)Nc1cccc(NC(=O)CN2C(=O)N[C@@](C)(c3ccccc3)C2=O)c1. The van der Waals surface area contributed by atoms with Crippen molar-refractivity contribution in [1.82, 2.24) is 10.2 Å². The summed E-state index contributed by atoms with van der Waals surface area (Å²) in [5.41, 5.74) is 0.384. The lowest BCUT2D eigenvalue weighted by atomic mass is 9.92. The first kappa shape index (κ1) is 19.1. The molecule has 0 aliphatic carbocycles. The summed E-state index contributed by atoms with van der Waals surface area (Å²) in [6.07, 6.45) is 0. The van der Waals surface area contributed by atoms with E-state index in [1.165, 1.54) is 6.92 Å². The van der Waals surface area contributed by atoms with Crippen LogP contribution in [0.1, 0.15) is 19.4 Å². The molecule has 144 valence electrons. The van der Waals surface area contributed by atoms with Gasteiger partial charge in [-0.25, -0.2) is 4.79 Å². The zero-order valence-corrected chi connectivity index (χ0v) is 15.5. The highest BCUT2D eigenvalue weighted by Crippen LogP contribution is 2.28. The Hall–Kier alpha value is -3.68. The molecule has 0 saturated carbocycles. The second-order valence-corrected chi connectivity index (χ2v) is 6.62. The molecule has 0 radical (unpaired) electrons. The number of carbonyl (C=O) groups excluding carboxylic acids is 4. The molecule has 1 heterocycles. The van der Waals surface area contributed by atoms with Crippen molar-refractivity contribution in [1.29, 1.82) is 0 Å². The molecule has 1 fully saturated rings. The standard InChI is InChI=1S/C20H20N4O4/c1-13(25)21-15-9-6-10-16(11-15)22-17(26)12-24-18(27)20(2,23-19(24)28)14-7-4-3-5-8-14/h3-11H,12H2,1-2H3,(H,21,25)(H,22,26)(H,23,28)/t20-/m0/s1. The first-order chi connectivity index (χ1) is 13.3. The average molecular weight is 380 g/mol. The van der Waals surface area contributed by atoms with Gasteiger partial charge in [0.2, 0.25) is 11.8 Å². The first-order valence-electron chi connectivity index (χ1n) is 8.67. The fraction of sp³-hybridized carbons (Fsp3) is 0.200. The third kappa shape index (κ3) is 3.85. The van der Waals surface area contributed by atoms with Crippen LogP contribution in [0.25, 0.3) is 0 Å². The number of urea groups is 1. The molecular weight excluding hydrogens is 360 g/mol. The quantitative estimate of drug-likeness (QED) is 0.690. The molecule has 0 aromatic heterocycles. The fourth-order valence-electron chi connectivity index (χ4n) is 3.03. The van der Waals surface area contributed by atoms with E-state index in [0.29, 0.717) is 16.9 Å². The highest BCUT2D eigenvalue weighted by atomic mass is 16.2. The third-order valence-corrected chi connectivity index (χ3v) is 4.39. The van der Waals surface area contributed by atoms with Crippen LogP contribution in [0, 0.1) is 0 Å². The van der Waals surface area contributed by atoms with E-state index in [1.807, 2.05) is 6.07 Å².